The van der Waals surface area contributed by atoms with Crippen molar-refractivity contribution in [3.8, 4) is 0 Å². The van der Waals surface area contributed by atoms with E-state index in [0.29, 0.717) is 6.54 Å². The van der Waals surface area contributed by atoms with Gasteiger partial charge in [0.1, 0.15) is 0 Å². The van der Waals surface area contributed by atoms with Crippen LogP contribution in [0.3, 0.4) is 0 Å². The van der Waals surface area contributed by atoms with Gasteiger partial charge in [-0.2, -0.15) is 0 Å². The molecule has 104 valence electrons. The molecule has 0 atom stereocenters. The third-order valence-electron chi connectivity index (χ3n) is 3.41. The van der Waals surface area contributed by atoms with E-state index < -0.39 is 0 Å². The molecule has 0 aromatic heterocycles. The van der Waals surface area contributed by atoms with Gasteiger partial charge < -0.3 is 5.11 Å². The van der Waals surface area contributed by atoms with Crippen molar-refractivity contribution >= 4 is 21.7 Å². The largest absolute Gasteiger partial charge is 0.395 e. The molecule has 0 aliphatic carbocycles. The second-order valence-electron chi connectivity index (χ2n) is 4.77. The maximum absolute atomic E-state index is 12.1. The number of benzene rings is 1. The molecule has 0 bridgehead atoms. The van der Waals surface area contributed by atoms with Crippen molar-refractivity contribution in [3.63, 3.8) is 0 Å². The summed E-state index contributed by atoms with van der Waals surface area (Å²) in [5, 5.41) is 8.89. The van der Waals surface area contributed by atoms with Crippen molar-refractivity contribution in [1.29, 1.82) is 0 Å². The highest BCUT2D eigenvalue weighted by Gasteiger charge is 2.18. The van der Waals surface area contributed by atoms with Crippen molar-refractivity contribution in [2.24, 2.45) is 0 Å². The van der Waals surface area contributed by atoms with Gasteiger partial charge in [-0.1, -0.05) is 28.1 Å². The lowest BCUT2D eigenvalue weighted by Crippen LogP contribution is -2.48. The SMILES string of the molecule is O=C(CN1CCN(CCO)CC1)c1ccc(Br)cc1. The number of β-amino-alcohol motifs (C(OH)–C–C–N with tert-alkyl or cyclic N) is 1. The summed E-state index contributed by atoms with van der Waals surface area (Å²) in [5.41, 5.74) is 0.765. The predicted molar refractivity (Wildman–Crippen MR) is 78.4 cm³/mol. The number of carbonyl (C=O) groups is 1. The summed E-state index contributed by atoms with van der Waals surface area (Å²) in [6.45, 7) is 5.05. The Morgan fingerprint density at radius 3 is 2.26 bits per heavy atom. The maximum atomic E-state index is 12.1. The minimum absolute atomic E-state index is 0.170. The number of carbonyl (C=O) groups excluding carboxylic acids is 1. The number of halogens is 1. The van der Waals surface area contributed by atoms with E-state index >= 15 is 0 Å². The lowest BCUT2D eigenvalue weighted by molar-refractivity contribution is 0.0822. The first-order valence-electron chi connectivity index (χ1n) is 6.53. The van der Waals surface area contributed by atoms with E-state index in [4.69, 9.17) is 5.11 Å². The first-order valence-corrected chi connectivity index (χ1v) is 7.32. The normalized spacial score (nSPS) is 17.6. The summed E-state index contributed by atoms with van der Waals surface area (Å²) in [7, 11) is 0. The Labute approximate surface area is 122 Å². The van der Waals surface area contributed by atoms with Gasteiger partial charge in [0.15, 0.2) is 5.78 Å². The van der Waals surface area contributed by atoms with Gasteiger partial charge in [-0.25, -0.2) is 0 Å². The highest BCUT2D eigenvalue weighted by molar-refractivity contribution is 9.10. The van der Waals surface area contributed by atoms with Gasteiger partial charge in [0, 0.05) is 42.8 Å². The fraction of sp³-hybridized carbons (Fsp3) is 0.500. The first kappa shape index (κ1) is 14.7. The first-order chi connectivity index (χ1) is 9.19. The van der Waals surface area contributed by atoms with E-state index in [1.807, 2.05) is 24.3 Å². The molecular weight excluding hydrogens is 308 g/mol. The van der Waals surface area contributed by atoms with Gasteiger partial charge in [0.2, 0.25) is 0 Å². The van der Waals surface area contributed by atoms with Gasteiger partial charge >= 0.3 is 0 Å². The van der Waals surface area contributed by atoms with E-state index in [9.17, 15) is 4.79 Å². The van der Waals surface area contributed by atoms with Crippen LogP contribution in [-0.2, 0) is 0 Å². The molecule has 0 unspecified atom stereocenters. The van der Waals surface area contributed by atoms with Crippen LogP contribution in [0.1, 0.15) is 10.4 Å². The highest BCUT2D eigenvalue weighted by atomic mass is 79.9. The number of nitrogens with zero attached hydrogens (tertiary/aromatic N) is 2. The Bertz CT molecular complexity index is 414. The third-order valence-corrected chi connectivity index (χ3v) is 3.94. The van der Waals surface area contributed by atoms with Crippen LogP contribution in [0.15, 0.2) is 28.7 Å². The molecule has 1 aliphatic rings. The van der Waals surface area contributed by atoms with E-state index in [0.717, 1.165) is 42.8 Å². The van der Waals surface area contributed by atoms with Crippen LogP contribution in [0.2, 0.25) is 0 Å². The lowest BCUT2D eigenvalue weighted by Gasteiger charge is -2.33. The zero-order chi connectivity index (χ0) is 13.7. The monoisotopic (exact) mass is 326 g/mol. The number of aliphatic hydroxyl groups excluding tert-OH is 1. The van der Waals surface area contributed by atoms with E-state index in [2.05, 4.69) is 25.7 Å². The fourth-order valence-electron chi connectivity index (χ4n) is 2.24. The Balaban J connectivity index is 1.82. The number of hydrogen-bond acceptors (Lipinski definition) is 4. The Kier molecular flexibility index (Phi) is 5.51. The van der Waals surface area contributed by atoms with E-state index in [1.165, 1.54) is 0 Å². The van der Waals surface area contributed by atoms with Crippen LogP contribution in [0.4, 0.5) is 0 Å². The molecule has 0 amide bonds. The van der Waals surface area contributed by atoms with E-state index in [-0.39, 0.29) is 12.4 Å². The van der Waals surface area contributed by atoms with Gasteiger partial charge in [-0.05, 0) is 12.1 Å². The predicted octanol–water partition coefficient (Wildman–Crippen LogP) is 1.24. The molecule has 0 saturated carbocycles. The molecule has 0 spiro atoms. The zero-order valence-electron chi connectivity index (χ0n) is 10.9. The van der Waals surface area contributed by atoms with Crippen molar-refractivity contribution in [1.82, 2.24) is 9.80 Å². The summed E-state index contributed by atoms with van der Waals surface area (Å²) in [6, 6.07) is 7.50. The molecule has 1 N–H and O–H groups in total. The van der Waals surface area contributed by atoms with Crippen LogP contribution < -0.4 is 0 Å². The minimum atomic E-state index is 0.170. The molecule has 4 nitrogen and oxygen atoms in total. The number of rotatable bonds is 5. The second-order valence-corrected chi connectivity index (χ2v) is 5.69. The van der Waals surface area contributed by atoms with Crippen molar-refractivity contribution in [2.75, 3.05) is 45.9 Å². The Morgan fingerprint density at radius 2 is 1.68 bits per heavy atom. The number of piperazine rings is 1. The van der Waals surface area contributed by atoms with Crippen molar-refractivity contribution in [2.45, 2.75) is 0 Å². The van der Waals surface area contributed by atoms with Gasteiger partial charge in [0.25, 0.3) is 0 Å². The van der Waals surface area contributed by atoms with Crippen molar-refractivity contribution < 1.29 is 9.90 Å². The molecule has 2 rings (SSSR count). The second kappa shape index (κ2) is 7.14. The minimum Gasteiger partial charge on any atom is -0.395 e. The van der Waals surface area contributed by atoms with Gasteiger partial charge in [-0.3, -0.25) is 14.6 Å². The van der Waals surface area contributed by atoms with Crippen molar-refractivity contribution in [3.05, 3.63) is 34.3 Å². The summed E-state index contributed by atoms with van der Waals surface area (Å²) in [6.07, 6.45) is 0. The maximum Gasteiger partial charge on any atom is 0.176 e. The molecule has 1 aromatic carbocycles. The van der Waals surface area contributed by atoms with Gasteiger partial charge in [0.05, 0.1) is 13.2 Å². The summed E-state index contributed by atoms with van der Waals surface area (Å²) in [4.78, 5) is 16.5. The smallest absolute Gasteiger partial charge is 0.176 e. The average Bonchev–Trinajstić information content (AvgIpc) is 2.42. The molecule has 1 saturated heterocycles. The molecule has 1 aromatic rings. The average molecular weight is 327 g/mol. The number of Topliss-reactive ketones (excluding diaryl/α,β-unsaturated/α-hetero) is 1. The molecule has 0 radical (unpaired) electrons. The zero-order valence-corrected chi connectivity index (χ0v) is 12.5. The molecule has 5 heteroatoms. The number of ketones is 1. The fourth-order valence-corrected chi connectivity index (χ4v) is 2.51. The topological polar surface area (TPSA) is 43.8 Å². The molecule has 19 heavy (non-hydrogen) atoms. The van der Waals surface area contributed by atoms with Crippen LogP contribution >= 0.6 is 15.9 Å². The van der Waals surface area contributed by atoms with Crippen LogP contribution in [0, 0.1) is 0 Å². The summed E-state index contributed by atoms with van der Waals surface area (Å²) < 4.78 is 0.988. The Hall–Kier alpha value is -0.750. The lowest BCUT2D eigenvalue weighted by atomic mass is 10.1. The highest BCUT2D eigenvalue weighted by Crippen LogP contribution is 2.12. The molecule has 1 heterocycles. The molecule has 1 fully saturated rings. The summed E-state index contributed by atoms with van der Waals surface area (Å²) in [5.74, 6) is 0.170. The summed E-state index contributed by atoms with van der Waals surface area (Å²) >= 11 is 3.37. The Morgan fingerprint density at radius 1 is 1.11 bits per heavy atom. The van der Waals surface area contributed by atoms with Crippen LogP contribution in [-0.4, -0.2) is 66.6 Å². The quantitative estimate of drug-likeness (QED) is 0.827. The van der Waals surface area contributed by atoms with E-state index in [1.54, 1.807) is 0 Å². The molecule has 1 aliphatic heterocycles. The van der Waals surface area contributed by atoms with Crippen LogP contribution in [0.5, 0.6) is 0 Å². The van der Waals surface area contributed by atoms with Crippen LogP contribution in [0.25, 0.3) is 0 Å². The molecular formula is C14H19BrN2O2. The number of aliphatic hydroxyl groups is 1. The standard InChI is InChI=1S/C14H19BrN2O2/c15-13-3-1-12(2-4-13)14(19)11-17-7-5-16(6-8-17)9-10-18/h1-4,18H,5-11H2. The number of hydrogen-bond donors (Lipinski definition) is 1. The van der Waals surface area contributed by atoms with Gasteiger partial charge in [-0.15, -0.1) is 0 Å². The third kappa shape index (κ3) is 4.38.